The fourth-order valence-corrected chi connectivity index (χ4v) is 4.45. The maximum atomic E-state index is 12.0. The molecule has 4 atom stereocenters. The van der Waals surface area contributed by atoms with E-state index in [9.17, 15) is 4.79 Å². The summed E-state index contributed by atoms with van der Waals surface area (Å²) in [5.41, 5.74) is 6.18. The average molecular weight is 238 g/mol. The van der Waals surface area contributed by atoms with Gasteiger partial charge >= 0.3 is 0 Å². The van der Waals surface area contributed by atoms with E-state index in [0.717, 1.165) is 18.6 Å². The monoisotopic (exact) mass is 238 g/mol. The quantitative estimate of drug-likeness (QED) is 0.705. The molecule has 0 spiro atoms. The van der Waals surface area contributed by atoms with E-state index in [0.29, 0.717) is 17.2 Å². The van der Waals surface area contributed by atoms with Gasteiger partial charge in [-0.05, 0) is 18.8 Å². The molecule has 0 aromatic carbocycles. The van der Waals surface area contributed by atoms with Gasteiger partial charge in [-0.25, -0.2) is 0 Å². The predicted molar refractivity (Wildman–Crippen MR) is 65.7 cm³/mol. The van der Waals surface area contributed by atoms with Crippen molar-refractivity contribution in [3.05, 3.63) is 12.3 Å². The Balaban J connectivity index is 1.75. The molecule has 4 unspecified atom stereocenters. The van der Waals surface area contributed by atoms with E-state index in [-0.39, 0.29) is 12.0 Å². The van der Waals surface area contributed by atoms with Gasteiger partial charge in [0.15, 0.2) is 0 Å². The van der Waals surface area contributed by atoms with Crippen LogP contribution in [0.15, 0.2) is 12.3 Å². The van der Waals surface area contributed by atoms with Crippen LogP contribution in [0, 0.1) is 11.8 Å². The number of nitrogens with two attached hydrogens (primary N) is 1. The van der Waals surface area contributed by atoms with Crippen molar-refractivity contribution in [2.24, 2.45) is 17.6 Å². The van der Waals surface area contributed by atoms with E-state index >= 15 is 0 Å². The number of hydrogen-bond donors (Lipinski definition) is 1. The van der Waals surface area contributed by atoms with Crippen molar-refractivity contribution in [1.29, 1.82) is 0 Å². The van der Waals surface area contributed by atoms with Crippen LogP contribution >= 0.6 is 11.8 Å². The van der Waals surface area contributed by atoms with Gasteiger partial charge in [0.05, 0.1) is 11.3 Å². The summed E-state index contributed by atoms with van der Waals surface area (Å²) in [7, 11) is 0. The van der Waals surface area contributed by atoms with E-state index in [2.05, 4.69) is 6.08 Å². The lowest BCUT2D eigenvalue weighted by molar-refractivity contribution is -0.150. The summed E-state index contributed by atoms with van der Waals surface area (Å²) < 4.78 is 0. The van der Waals surface area contributed by atoms with Crippen LogP contribution in [-0.4, -0.2) is 28.0 Å². The summed E-state index contributed by atoms with van der Waals surface area (Å²) >= 11 is 1.88. The Morgan fingerprint density at radius 3 is 3.00 bits per heavy atom. The third-order valence-electron chi connectivity index (χ3n) is 4.09. The molecule has 0 aromatic heterocycles. The van der Waals surface area contributed by atoms with Crippen LogP contribution in [0.2, 0.25) is 0 Å². The Morgan fingerprint density at radius 2 is 2.19 bits per heavy atom. The van der Waals surface area contributed by atoms with Gasteiger partial charge in [0.25, 0.3) is 0 Å². The number of thioether (sulfide) groups is 1. The van der Waals surface area contributed by atoms with Crippen molar-refractivity contribution >= 4 is 17.7 Å². The lowest BCUT2D eigenvalue weighted by Crippen LogP contribution is -2.62. The lowest BCUT2D eigenvalue weighted by Gasteiger charge is -2.51. The highest BCUT2D eigenvalue weighted by Gasteiger charge is 2.52. The van der Waals surface area contributed by atoms with Crippen LogP contribution < -0.4 is 5.73 Å². The smallest absolute Gasteiger partial charge is 0.233 e. The number of hydrogen-bond acceptors (Lipinski definition) is 3. The van der Waals surface area contributed by atoms with Crippen molar-refractivity contribution in [2.45, 2.75) is 37.1 Å². The van der Waals surface area contributed by atoms with Crippen LogP contribution in [-0.2, 0) is 4.79 Å². The maximum Gasteiger partial charge on any atom is 0.233 e. The molecule has 4 heteroatoms. The SMILES string of the molecule is NC1CCCCC1C1C(=O)N2C=CCSC12. The zero-order chi connectivity index (χ0) is 11.1. The van der Waals surface area contributed by atoms with Gasteiger partial charge in [-0.2, -0.15) is 0 Å². The van der Waals surface area contributed by atoms with E-state index < -0.39 is 0 Å². The number of carbonyl (C=O) groups is 1. The van der Waals surface area contributed by atoms with Crippen LogP contribution in [0.3, 0.4) is 0 Å². The second-order valence-corrected chi connectivity index (χ2v) is 6.14. The van der Waals surface area contributed by atoms with Crippen LogP contribution in [0.5, 0.6) is 0 Å². The normalized spacial score (nSPS) is 42.8. The third kappa shape index (κ3) is 1.51. The van der Waals surface area contributed by atoms with Gasteiger partial charge in [-0.1, -0.05) is 18.9 Å². The first-order valence-corrected chi connectivity index (χ1v) is 7.20. The molecule has 1 aliphatic carbocycles. The molecule has 3 aliphatic rings. The highest BCUT2D eigenvalue weighted by Crippen LogP contribution is 2.45. The molecular formula is C12H18N2OS. The molecule has 2 aliphatic heterocycles. The molecular weight excluding hydrogens is 220 g/mol. The van der Waals surface area contributed by atoms with Crippen molar-refractivity contribution < 1.29 is 4.79 Å². The number of β-lactam (4-membered cyclic amide) rings is 1. The molecule has 2 N–H and O–H groups in total. The van der Waals surface area contributed by atoms with Crippen molar-refractivity contribution in [3.8, 4) is 0 Å². The molecule has 3 rings (SSSR count). The Morgan fingerprint density at radius 1 is 1.38 bits per heavy atom. The zero-order valence-electron chi connectivity index (χ0n) is 9.34. The van der Waals surface area contributed by atoms with E-state index in [1.165, 1.54) is 12.8 Å². The molecule has 1 saturated heterocycles. The Kier molecular flexibility index (Phi) is 2.72. The lowest BCUT2D eigenvalue weighted by atomic mass is 9.73. The molecule has 2 fully saturated rings. The largest absolute Gasteiger partial charge is 0.327 e. The van der Waals surface area contributed by atoms with Gasteiger partial charge < -0.3 is 10.6 Å². The minimum Gasteiger partial charge on any atom is -0.327 e. The van der Waals surface area contributed by atoms with Gasteiger partial charge in [0.2, 0.25) is 5.91 Å². The van der Waals surface area contributed by atoms with E-state index in [1.54, 1.807) is 0 Å². The predicted octanol–water partition coefficient (Wildman–Crippen LogP) is 1.55. The Bertz CT molecular complexity index is 331. The molecule has 2 heterocycles. The zero-order valence-corrected chi connectivity index (χ0v) is 10.2. The van der Waals surface area contributed by atoms with Crippen LogP contribution in [0.4, 0.5) is 0 Å². The number of nitrogens with zero attached hydrogens (tertiary/aromatic N) is 1. The number of fused-ring (bicyclic) bond motifs is 1. The summed E-state index contributed by atoms with van der Waals surface area (Å²) in [5, 5.41) is 0.381. The fourth-order valence-electron chi connectivity index (χ4n) is 3.19. The summed E-state index contributed by atoms with van der Waals surface area (Å²) in [6, 6.07) is 0.247. The molecule has 1 amide bonds. The standard InChI is InChI=1S/C12H18N2OS/c13-9-5-2-1-4-8(9)10-11(15)14-6-3-7-16-12(10)14/h3,6,8-10,12H,1-2,4-5,7,13H2. The summed E-state index contributed by atoms with van der Waals surface area (Å²) in [6.07, 6.45) is 8.74. The van der Waals surface area contributed by atoms with Crippen LogP contribution in [0.1, 0.15) is 25.7 Å². The highest BCUT2D eigenvalue weighted by molar-refractivity contribution is 8.00. The Hall–Kier alpha value is -0.480. The van der Waals surface area contributed by atoms with Crippen molar-refractivity contribution in [3.63, 3.8) is 0 Å². The summed E-state index contributed by atoms with van der Waals surface area (Å²) in [5.74, 6) is 1.97. The topological polar surface area (TPSA) is 46.3 Å². The fraction of sp³-hybridized carbons (Fsp3) is 0.750. The van der Waals surface area contributed by atoms with E-state index in [1.807, 2.05) is 22.9 Å². The second kappa shape index (κ2) is 4.08. The maximum absolute atomic E-state index is 12.0. The third-order valence-corrected chi connectivity index (χ3v) is 5.33. The molecule has 16 heavy (non-hydrogen) atoms. The molecule has 3 nitrogen and oxygen atoms in total. The molecule has 0 aromatic rings. The van der Waals surface area contributed by atoms with Gasteiger partial charge in [-0.3, -0.25) is 4.79 Å². The number of carbonyl (C=O) groups excluding carboxylic acids is 1. The molecule has 1 saturated carbocycles. The second-order valence-electron chi connectivity index (χ2n) is 4.99. The van der Waals surface area contributed by atoms with E-state index in [4.69, 9.17) is 5.73 Å². The average Bonchev–Trinajstić information content (AvgIpc) is 2.31. The first-order chi connectivity index (χ1) is 7.79. The highest BCUT2D eigenvalue weighted by atomic mass is 32.2. The van der Waals surface area contributed by atoms with Gasteiger partial charge in [0.1, 0.15) is 0 Å². The number of rotatable bonds is 1. The first kappa shape index (κ1) is 10.7. The first-order valence-electron chi connectivity index (χ1n) is 6.15. The minimum atomic E-state index is 0.199. The minimum absolute atomic E-state index is 0.199. The van der Waals surface area contributed by atoms with Gasteiger partial charge in [0, 0.05) is 18.0 Å². The summed E-state index contributed by atoms with van der Waals surface area (Å²) in [6.45, 7) is 0. The summed E-state index contributed by atoms with van der Waals surface area (Å²) in [4.78, 5) is 13.9. The Labute approximate surface area is 100 Å². The van der Waals surface area contributed by atoms with Crippen LogP contribution in [0.25, 0.3) is 0 Å². The van der Waals surface area contributed by atoms with Crippen molar-refractivity contribution in [2.75, 3.05) is 5.75 Å². The number of amides is 1. The van der Waals surface area contributed by atoms with Gasteiger partial charge in [-0.15, -0.1) is 11.8 Å². The van der Waals surface area contributed by atoms with Crippen molar-refractivity contribution in [1.82, 2.24) is 4.90 Å². The molecule has 88 valence electrons. The molecule has 0 radical (unpaired) electrons. The molecule has 0 bridgehead atoms.